The topological polar surface area (TPSA) is 46.6 Å². The monoisotopic (exact) mass is 395 g/mol. The van der Waals surface area contributed by atoms with E-state index in [2.05, 4.69) is 15.9 Å². The van der Waals surface area contributed by atoms with Gasteiger partial charge in [-0.3, -0.25) is 0 Å². The summed E-state index contributed by atoms with van der Waals surface area (Å²) >= 11 is 9.11. The first-order valence-corrected chi connectivity index (χ1v) is 9.59. The Labute approximate surface area is 139 Å². The second-order valence-electron chi connectivity index (χ2n) is 5.20. The van der Waals surface area contributed by atoms with Crippen molar-refractivity contribution >= 4 is 37.6 Å². The molecular weight excluding hydrogens is 378 g/mol. The molecule has 0 aliphatic carbocycles. The predicted octanol–water partition coefficient (Wildman–Crippen LogP) is 3.24. The lowest BCUT2D eigenvalue weighted by molar-refractivity contribution is 0.121. The van der Waals surface area contributed by atoms with E-state index in [1.807, 2.05) is 0 Å². The Morgan fingerprint density at radius 3 is 2.57 bits per heavy atom. The highest BCUT2D eigenvalue weighted by molar-refractivity contribution is 9.10. The zero-order valence-corrected chi connectivity index (χ0v) is 15.0. The number of sulfonamides is 1. The molecule has 0 unspecified atom stereocenters. The Kier molecular flexibility index (Phi) is 6.08. The van der Waals surface area contributed by atoms with Crippen molar-refractivity contribution in [1.29, 1.82) is 0 Å². The Morgan fingerprint density at radius 1 is 1.38 bits per heavy atom. The number of nitrogens with zero attached hydrogens (tertiary/aromatic N) is 1. The van der Waals surface area contributed by atoms with Gasteiger partial charge in [0.2, 0.25) is 10.0 Å². The number of benzene rings is 1. The molecule has 2 rings (SSSR count). The highest BCUT2D eigenvalue weighted by Crippen LogP contribution is 2.29. The molecular formula is C14H19BrClNO3S. The Balaban J connectivity index is 2.16. The normalized spacial score (nSPS) is 18.0. The summed E-state index contributed by atoms with van der Waals surface area (Å²) < 4.78 is 32.7. The van der Waals surface area contributed by atoms with Crippen molar-refractivity contribution < 1.29 is 13.2 Å². The lowest BCUT2D eigenvalue weighted by Gasteiger charge is -2.31. The van der Waals surface area contributed by atoms with Crippen molar-refractivity contribution in [3.05, 3.63) is 28.2 Å². The number of rotatable bonds is 5. The summed E-state index contributed by atoms with van der Waals surface area (Å²) in [7, 11) is -1.77. The SMILES string of the molecule is COCC1CCN(S(=O)(=O)c2ccc(CCl)cc2Br)CC1. The summed E-state index contributed by atoms with van der Waals surface area (Å²) in [6.07, 6.45) is 1.68. The number of hydrogen-bond acceptors (Lipinski definition) is 3. The van der Waals surface area contributed by atoms with Crippen molar-refractivity contribution in [2.24, 2.45) is 5.92 Å². The molecule has 0 N–H and O–H groups in total. The van der Waals surface area contributed by atoms with Gasteiger partial charge in [-0.05, 0) is 52.4 Å². The van der Waals surface area contributed by atoms with Gasteiger partial charge in [0.25, 0.3) is 0 Å². The van der Waals surface area contributed by atoms with Crippen LogP contribution in [0.3, 0.4) is 0 Å². The van der Waals surface area contributed by atoms with Gasteiger partial charge < -0.3 is 4.74 Å². The molecule has 0 spiro atoms. The maximum atomic E-state index is 12.7. The molecule has 0 aromatic heterocycles. The summed E-state index contributed by atoms with van der Waals surface area (Å²) in [6, 6.07) is 5.14. The molecule has 0 radical (unpaired) electrons. The molecule has 0 amide bonds. The summed E-state index contributed by atoms with van der Waals surface area (Å²) in [4.78, 5) is 0.307. The molecule has 7 heteroatoms. The van der Waals surface area contributed by atoms with Crippen molar-refractivity contribution in [3.8, 4) is 0 Å². The average Bonchev–Trinajstić information content (AvgIpc) is 2.47. The van der Waals surface area contributed by atoms with Gasteiger partial charge in [-0.2, -0.15) is 4.31 Å². The summed E-state index contributed by atoms with van der Waals surface area (Å²) in [6.45, 7) is 1.78. The van der Waals surface area contributed by atoms with E-state index in [0.29, 0.717) is 40.9 Å². The van der Waals surface area contributed by atoms with Crippen LogP contribution in [0.2, 0.25) is 0 Å². The molecule has 4 nitrogen and oxygen atoms in total. The molecule has 21 heavy (non-hydrogen) atoms. The van der Waals surface area contributed by atoms with E-state index in [0.717, 1.165) is 18.4 Å². The summed E-state index contributed by atoms with van der Waals surface area (Å²) in [5.41, 5.74) is 0.890. The van der Waals surface area contributed by atoms with Gasteiger partial charge in [-0.15, -0.1) is 11.6 Å². The lowest BCUT2D eigenvalue weighted by Crippen LogP contribution is -2.39. The van der Waals surface area contributed by atoms with Crippen molar-refractivity contribution in [2.75, 3.05) is 26.8 Å². The first kappa shape index (κ1) is 17.2. The number of methoxy groups -OCH3 is 1. The van der Waals surface area contributed by atoms with Crippen LogP contribution in [0.15, 0.2) is 27.6 Å². The van der Waals surface area contributed by atoms with E-state index in [1.54, 1.807) is 29.6 Å². The van der Waals surface area contributed by atoms with E-state index in [-0.39, 0.29) is 0 Å². The van der Waals surface area contributed by atoms with Crippen molar-refractivity contribution in [2.45, 2.75) is 23.6 Å². The lowest BCUT2D eigenvalue weighted by atomic mass is 9.99. The molecule has 1 heterocycles. The van der Waals surface area contributed by atoms with E-state index < -0.39 is 10.0 Å². The first-order chi connectivity index (χ1) is 9.98. The second kappa shape index (κ2) is 7.42. The van der Waals surface area contributed by atoms with Crippen molar-refractivity contribution in [1.82, 2.24) is 4.31 Å². The van der Waals surface area contributed by atoms with Gasteiger partial charge in [0.1, 0.15) is 0 Å². The summed E-state index contributed by atoms with van der Waals surface area (Å²) in [5.74, 6) is 0.810. The van der Waals surface area contributed by atoms with E-state index in [9.17, 15) is 8.42 Å². The molecule has 0 bridgehead atoms. The van der Waals surface area contributed by atoms with Gasteiger partial charge >= 0.3 is 0 Å². The fourth-order valence-corrected chi connectivity index (χ4v) is 5.25. The molecule has 1 aliphatic rings. The molecule has 1 aliphatic heterocycles. The Hall–Kier alpha value is -0.140. The van der Waals surface area contributed by atoms with Crippen LogP contribution in [-0.2, 0) is 20.6 Å². The van der Waals surface area contributed by atoms with Crippen LogP contribution in [0.1, 0.15) is 18.4 Å². The van der Waals surface area contributed by atoms with E-state index in [4.69, 9.17) is 16.3 Å². The van der Waals surface area contributed by atoms with E-state index >= 15 is 0 Å². The molecule has 1 fully saturated rings. The predicted molar refractivity (Wildman–Crippen MR) is 87.1 cm³/mol. The van der Waals surface area contributed by atoms with Crippen LogP contribution in [-0.4, -0.2) is 39.5 Å². The first-order valence-electron chi connectivity index (χ1n) is 6.82. The molecule has 1 aromatic carbocycles. The molecule has 0 atom stereocenters. The number of halogens is 2. The van der Waals surface area contributed by atoms with Crippen LogP contribution in [0, 0.1) is 5.92 Å². The third-order valence-corrected chi connectivity index (χ3v) is 6.93. The summed E-state index contributed by atoms with van der Waals surface area (Å²) in [5, 5.41) is 0. The molecule has 1 aromatic rings. The maximum absolute atomic E-state index is 12.7. The molecule has 118 valence electrons. The van der Waals surface area contributed by atoms with Crippen LogP contribution in [0.4, 0.5) is 0 Å². The van der Waals surface area contributed by atoms with Gasteiger partial charge in [-0.25, -0.2) is 8.42 Å². The van der Waals surface area contributed by atoms with Gasteiger partial charge in [0.05, 0.1) is 4.90 Å². The molecule has 0 saturated carbocycles. The highest BCUT2D eigenvalue weighted by atomic mass is 79.9. The average molecular weight is 397 g/mol. The molecule has 1 saturated heterocycles. The zero-order chi connectivity index (χ0) is 15.5. The number of ether oxygens (including phenoxy) is 1. The largest absolute Gasteiger partial charge is 0.384 e. The Bertz CT molecular complexity index is 586. The fraction of sp³-hybridized carbons (Fsp3) is 0.571. The van der Waals surface area contributed by atoms with Gasteiger partial charge in [0.15, 0.2) is 0 Å². The minimum absolute atomic E-state index is 0.307. The van der Waals surface area contributed by atoms with Crippen molar-refractivity contribution in [3.63, 3.8) is 0 Å². The minimum atomic E-state index is -3.45. The highest BCUT2D eigenvalue weighted by Gasteiger charge is 2.30. The van der Waals surface area contributed by atoms with Crippen LogP contribution < -0.4 is 0 Å². The smallest absolute Gasteiger partial charge is 0.244 e. The number of alkyl halides is 1. The quantitative estimate of drug-likeness (QED) is 0.718. The maximum Gasteiger partial charge on any atom is 0.244 e. The second-order valence-corrected chi connectivity index (χ2v) is 8.23. The number of hydrogen-bond donors (Lipinski definition) is 0. The Morgan fingerprint density at radius 2 is 2.05 bits per heavy atom. The van der Waals surface area contributed by atoms with Crippen LogP contribution >= 0.6 is 27.5 Å². The van der Waals surface area contributed by atoms with Crippen LogP contribution in [0.5, 0.6) is 0 Å². The standard InChI is InChI=1S/C14H19BrClNO3S/c1-20-10-11-4-6-17(7-5-11)21(18,19)14-3-2-12(9-16)8-13(14)15/h2-3,8,11H,4-7,9-10H2,1H3. The minimum Gasteiger partial charge on any atom is -0.384 e. The van der Waals surface area contributed by atoms with Crippen LogP contribution in [0.25, 0.3) is 0 Å². The van der Waals surface area contributed by atoms with E-state index in [1.165, 1.54) is 0 Å². The number of piperidine rings is 1. The third kappa shape index (κ3) is 3.99. The zero-order valence-electron chi connectivity index (χ0n) is 11.9. The fourth-order valence-electron chi connectivity index (χ4n) is 2.53. The van der Waals surface area contributed by atoms with Gasteiger partial charge in [-0.1, -0.05) is 6.07 Å². The third-order valence-electron chi connectivity index (χ3n) is 3.74. The van der Waals surface area contributed by atoms with Gasteiger partial charge in [0, 0.05) is 37.2 Å².